The van der Waals surface area contributed by atoms with Gasteiger partial charge in [-0.25, -0.2) is 4.39 Å². The fourth-order valence-corrected chi connectivity index (χ4v) is 4.62. The molecular formula is C26H25FN2O2S. The van der Waals surface area contributed by atoms with E-state index in [0.717, 1.165) is 21.5 Å². The molecule has 1 aromatic heterocycles. The molecule has 4 aromatic rings. The lowest BCUT2D eigenvalue weighted by Gasteiger charge is -2.08. The monoisotopic (exact) mass is 448 g/mol. The lowest BCUT2D eigenvalue weighted by Crippen LogP contribution is -2.27. The summed E-state index contributed by atoms with van der Waals surface area (Å²) in [4.78, 5) is 13.6. The zero-order valence-corrected chi connectivity index (χ0v) is 18.7. The van der Waals surface area contributed by atoms with Gasteiger partial charge in [-0.1, -0.05) is 36.4 Å². The molecule has 0 bridgehead atoms. The number of para-hydroxylation sites is 1. The molecule has 0 unspecified atom stereocenters. The summed E-state index contributed by atoms with van der Waals surface area (Å²) in [6.07, 6.45) is 2.08. The fraction of sp³-hybridized carbons (Fsp3) is 0.192. The van der Waals surface area contributed by atoms with E-state index in [4.69, 9.17) is 4.74 Å². The van der Waals surface area contributed by atoms with Crippen LogP contribution in [0.3, 0.4) is 0 Å². The number of aromatic nitrogens is 1. The summed E-state index contributed by atoms with van der Waals surface area (Å²) in [5.74, 6) is 1.03. The number of hydrogen-bond acceptors (Lipinski definition) is 3. The Morgan fingerprint density at radius 1 is 1.03 bits per heavy atom. The normalized spacial score (nSPS) is 10.9. The van der Waals surface area contributed by atoms with E-state index < -0.39 is 0 Å². The van der Waals surface area contributed by atoms with Crippen LogP contribution in [0.5, 0.6) is 5.75 Å². The van der Waals surface area contributed by atoms with Crippen LogP contribution in [-0.2, 0) is 12.3 Å². The van der Waals surface area contributed by atoms with Crippen molar-refractivity contribution in [3.63, 3.8) is 0 Å². The summed E-state index contributed by atoms with van der Waals surface area (Å²) in [5, 5.41) is 4.11. The molecule has 0 saturated heterocycles. The van der Waals surface area contributed by atoms with Crippen molar-refractivity contribution in [2.75, 3.05) is 13.2 Å². The number of nitrogens with zero attached hydrogens (tertiary/aromatic N) is 1. The van der Waals surface area contributed by atoms with E-state index in [1.54, 1.807) is 42.1 Å². The predicted octanol–water partition coefficient (Wildman–Crippen LogP) is 5.90. The average Bonchev–Trinajstić information content (AvgIpc) is 3.17. The van der Waals surface area contributed by atoms with Gasteiger partial charge in [-0.05, 0) is 48.9 Å². The highest BCUT2D eigenvalue weighted by Gasteiger charge is 2.11. The summed E-state index contributed by atoms with van der Waals surface area (Å²) in [6, 6.07) is 22.2. The first-order valence-electron chi connectivity index (χ1n) is 10.6. The van der Waals surface area contributed by atoms with Crippen molar-refractivity contribution in [1.82, 2.24) is 9.88 Å². The van der Waals surface area contributed by atoms with Gasteiger partial charge in [0, 0.05) is 46.4 Å². The summed E-state index contributed by atoms with van der Waals surface area (Å²) in [6.45, 7) is 3.66. The Kier molecular flexibility index (Phi) is 7.12. The maximum absolute atomic E-state index is 14.0. The van der Waals surface area contributed by atoms with Crippen LogP contribution in [0, 0.1) is 5.82 Å². The van der Waals surface area contributed by atoms with E-state index in [9.17, 15) is 9.18 Å². The van der Waals surface area contributed by atoms with E-state index in [2.05, 4.69) is 28.2 Å². The molecule has 1 N–H and O–H groups in total. The van der Waals surface area contributed by atoms with Crippen LogP contribution in [0.1, 0.15) is 22.8 Å². The second-order valence-electron chi connectivity index (χ2n) is 7.30. The van der Waals surface area contributed by atoms with E-state index in [1.165, 1.54) is 6.07 Å². The Bertz CT molecular complexity index is 1200. The van der Waals surface area contributed by atoms with Crippen LogP contribution in [-0.4, -0.2) is 23.6 Å². The molecule has 0 aliphatic carbocycles. The smallest absolute Gasteiger partial charge is 0.251 e. The molecule has 0 spiro atoms. The first-order chi connectivity index (χ1) is 15.7. The number of fused-ring (bicyclic) bond motifs is 1. The molecule has 0 saturated carbocycles. The van der Waals surface area contributed by atoms with E-state index in [-0.39, 0.29) is 11.7 Å². The maximum Gasteiger partial charge on any atom is 0.251 e. The van der Waals surface area contributed by atoms with Gasteiger partial charge in [-0.15, -0.1) is 11.8 Å². The van der Waals surface area contributed by atoms with Gasteiger partial charge < -0.3 is 14.6 Å². The Hall–Kier alpha value is -3.25. The van der Waals surface area contributed by atoms with Crippen molar-refractivity contribution in [2.24, 2.45) is 0 Å². The molecule has 0 aliphatic heterocycles. The molecule has 164 valence electrons. The van der Waals surface area contributed by atoms with E-state index in [1.807, 2.05) is 31.2 Å². The first-order valence-corrected chi connectivity index (χ1v) is 11.6. The number of thioether (sulfide) groups is 1. The van der Waals surface area contributed by atoms with Gasteiger partial charge in [0.2, 0.25) is 0 Å². The van der Waals surface area contributed by atoms with Crippen LogP contribution in [0.4, 0.5) is 4.39 Å². The maximum atomic E-state index is 14.0. The second kappa shape index (κ2) is 10.4. The number of benzene rings is 3. The highest BCUT2D eigenvalue weighted by molar-refractivity contribution is 7.98. The minimum absolute atomic E-state index is 0.112. The molecule has 3 aromatic carbocycles. The highest BCUT2D eigenvalue weighted by atomic mass is 32.2. The van der Waals surface area contributed by atoms with Crippen LogP contribution in [0.15, 0.2) is 83.9 Å². The number of ether oxygens (including phenoxy) is 1. The number of nitrogens with one attached hydrogen (secondary N) is 1. The van der Waals surface area contributed by atoms with Crippen molar-refractivity contribution >= 4 is 28.6 Å². The average molecular weight is 449 g/mol. The minimum atomic E-state index is -0.180. The molecule has 1 amide bonds. The zero-order chi connectivity index (χ0) is 22.3. The molecule has 0 atom stereocenters. The molecule has 0 fully saturated rings. The Morgan fingerprint density at radius 3 is 2.56 bits per heavy atom. The number of halogens is 1. The molecule has 32 heavy (non-hydrogen) atoms. The van der Waals surface area contributed by atoms with Crippen molar-refractivity contribution in [2.45, 2.75) is 24.1 Å². The van der Waals surface area contributed by atoms with Crippen LogP contribution >= 0.6 is 11.8 Å². The number of hydrogen-bond donors (Lipinski definition) is 1. The van der Waals surface area contributed by atoms with Gasteiger partial charge in [0.15, 0.2) is 0 Å². The van der Waals surface area contributed by atoms with Gasteiger partial charge in [0.25, 0.3) is 5.91 Å². The van der Waals surface area contributed by atoms with E-state index in [0.29, 0.717) is 36.6 Å². The summed E-state index contributed by atoms with van der Waals surface area (Å²) in [7, 11) is 0. The number of carbonyl (C=O) groups is 1. The lowest BCUT2D eigenvalue weighted by atomic mass is 10.2. The quantitative estimate of drug-likeness (QED) is 0.324. The summed E-state index contributed by atoms with van der Waals surface area (Å²) < 4.78 is 21.5. The second-order valence-corrected chi connectivity index (χ2v) is 8.31. The predicted molar refractivity (Wildman–Crippen MR) is 128 cm³/mol. The van der Waals surface area contributed by atoms with Crippen molar-refractivity contribution in [3.8, 4) is 5.75 Å². The van der Waals surface area contributed by atoms with Gasteiger partial charge in [-0.2, -0.15) is 0 Å². The molecular weight excluding hydrogens is 423 g/mol. The molecule has 0 radical (unpaired) electrons. The number of carbonyl (C=O) groups excluding carboxylic acids is 1. The molecule has 1 heterocycles. The lowest BCUT2D eigenvalue weighted by molar-refractivity contribution is 0.0952. The molecule has 0 aliphatic rings. The van der Waals surface area contributed by atoms with Crippen LogP contribution in [0.25, 0.3) is 10.9 Å². The number of amides is 1. The van der Waals surface area contributed by atoms with E-state index >= 15 is 0 Å². The number of rotatable bonds is 9. The highest BCUT2D eigenvalue weighted by Crippen LogP contribution is 2.32. The van der Waals surface area contributed by atoms with Gasteiger partial charge in [0.05, 0.1) is 6.61 Å². The molecule has 4 nitrogen and oxygen atoms in total. The van der Waals surface area contributed by atoms with Gasteiger partial charge in [-0.3, -0.25) is 4.79 Å². The van der Waals surface area contributed by atoms with Crippen molar-refractivity contribution < 1.29 is 13.9 Å². The Balaban J connectivity index is 1.41. The third kappa shape index (κ3) is 5.14. The summed E-state index contributed by atoms with van der Waals surface area (Å²) >= 11 is 1.62. The van der Waals surface area contributed by atoms with Gasteiger partial charge in [0.1, 0.15) is 11.6 Å². The first kappa shape index (κ1) is 22.0. The van der Waals surface area contributed by atoms with Crippen LogP contribution < -0.4 is 10.1 Å². The van der Waals surface area contributed by atoms with Crippen LogP contribution in [0.2, 0.25) is 0 Å². The van der Waals surface area contributed by atoms with Gasteiger partial charge >= 0.3 is 0 Å². The van der Waals surface area contributed by atoms with Crippen molar-refractivity contribution in [3.05, 3.63) is 95.9 Å². The zero-order valence-electron chi connectivity index (χ0n) is 17.9. The topological polar surface area (TPSA) is 43.3 Å². The Labute approximate surface area is 191 Å². The standard InChI is InChI=1S/C26H25FN2O2S/c1-2-31-21-13-11-19(12-14-21)26(30)28-15-16-29-17-25(22-8-4-6-10-24(22)29)32-18-20-7-3-5-9-23(20)27/h3-14,17H,2,15-16,18H2,1H3,(H,28,30). The Morgan fingerprint density at radius 2 is 1.78 bits per heavy atom. The largest absolute Gasteiger partial charge is 0.494 e. The third-order valence-electron chi connectivity index (χ3n) is 5.16. The fourth-order valence-electron chi connectivity index (χ4n) is 3.55. The molecule has 6 heteroatoms. The summed E-state index contributed by atoms with van der Waals surface area (Å²) in [5.41, 5.74) is 2.39. The SMILES string of the molecule is CCOc1ccc(C(=O)NCCn2cc(SCc3ccccc3F)c3ccccc32)cc1. The van der Waals surface area contributed by atoms with Crippen molar-refractivity contribution in [1.29, 1.82) is 0 Å². The third-order valence-corrected chi connectivity index (χ3v) is 6.25. The molecule has 4 rings (SSSR count). The minimum Gasteiger partial charge on any atom is -0.494 e.